The Morgan fingerprint density at radius 3 is 2.79 bits per heavy atom. The van der Waals surface area contributed by atoms with Crippen LogP contribution in [0.3, 0.4) is 0 Å². The van der Waals surface area contributed by atoms with Crippen molar-refractivity contribution < 1.29 is 19.1 Å². The van der Waals surface area contributed by atoms with Crippen molar-refractivity contribution in [1.82, 2.24) is 15.1 Å². The number of carbonyl (C=O) groups is 2. The first-order valence-electron chi connectivity index (χ1n) is 9.49. The average Bonchev–Trinajstić information content (AvgIpc) is 3.15. The first-order chi connectivity index (χ1) is 13.6. The summed E-state index contributed by atoms with van der Waals surface area (Å²) in [6, 6.07) is 9.43. The Balaban J connectivity index is 1.68. The normalized spacial score (nSPS) is 13.4. The number of methoxy groups -OCH3 is 1. The number of nitrogens with one attached hydrogen (secondary N) is 1. The predicted molar refractivity (Wildman–Crippen MR) is 105 cm³/mol. The number of carbonyl (C=O) groups excluding carboxylic acids is 2. The zero-order chi connectivity index (χ0) is 19.9. The van der Waals surface area contributed by atoms with Crippen molar-refractivity contribution in [3.63, 3.8) is 0 Å². The highest BCUT2D eigenvalue weighted by Gasteiger charge is 2.28. The molecule has 8 heteroatoms. The van der Waals surface area contributed by atoms with Gasteiger partial charge < -0.3 is 14.8 Å². The number of benzene rings is 1. The second kappa shape index (κ2) is 9.36. The number of nitrogens with zero attached hydrogens (tertiary/aromatic N) is 3. The van der Waals surface area contributed by atoms with Gasteiger partial charge in [-0.25, -0.2) is 4.68 Å². The van der Waals surface area contributed by atoms with Gasteiger partial charge in [0.15, 0.2) is 0 Å². The molecule has 0 aliphatic carbocycles. The average molecular weight is 386 g/mol. The minimum Gasteiger partial charge on any atom is -0.497 e. The number of ether oxygens (including phenoxy) is 2. The van der Waals surface area contributed by atoms with Crippen molar-refractivity contribution in [2.24, 2.45) is 0 Å². The van der Waals surface area contributed by atoms with Gasteiger partial charge in [-0.15, -0.1) is 0 Å². The fraction of sp³-hybridized carbons (Fsp3) is 0.450. The number of amides is 2. The number of aryl methyl sites for hydroxylation is 1. The van der Waals surface area contributed by atoms with Crippen molar-refractivity contribution in [3.05, 3.63) is 30.3 Å². The monoisotopic (exact) mass is 386 g/mol. The predicted octanol–water partition coefficient (Wildman–Crippen LogP) is 1.84. The Morgan fingerprint density at radius 2 is 2.07 bits per heavy atom. The summed E-state index contributed by atoms with van der Waals surface area (Å²) in [6.45, 7) is 4.23. The molecular weight excluding hydrogens is 360 g/mol. The lowest BCUT2D eigenvalue weighted by Crippen LogP contribution is -2.44. The van der Waals surface area contributed by atoms with E-state index >= 15 is 0 Å². The second-order valence-electron chi connectivity index (χ2n) is 6.47. The molecule has 0 saturated carbocycles. The third-order valence-corrected chi connectivity index (χ3v) is 4.55. The zero-order valence-electron chi connectivity index (χ0n) is 16.3. The molecule has 0 radical (unpaired) electrons. The van der Waals surface area contributed by atoms with Crippen LogP contribution in [0.1, 0.15) is 19.8 Å². The molecule has 1 aromatic carbocycles. The van der Waals surface area contributed by atoms with Crippen LogP contribution in [-0.4, -0.2) is 55.0 Å². The minimum atomic E-state index is -0.189. The lowest BCUT2D eigenvalue weighted by molar-refractivity contribution is -0.124. The van der Waals surface area contributed by atoms with Crippen molar-refractivity contribution in [1.29, 1.82) is 0 Å². The largest absolute Gasteiger partial charge is 0.497 e. The van der Waals surface area contributed by atoms with Crippen LogP contribution in [0.5, 0.6) is 5.75 Å². The molecule has 0 atom stereocenters. The molecule has 1 aliphatic rings. The summed E-state index contributed by atoms with van der Waals surface area (Å²) in [6.07, 6.45) is 1.07. The fourth-order valence-electron chi connectivity index (χ4n) is 3.07. The van der Waals surface area contributed by atoms with Gasteiger partial charge in [-0.1, -0.05) is 0 Å². The van der Waals surface area contributed by atoms with Gasteiger partial charge in [0.2, 0.25) is 11.8 Å². The highest BCUT2D eigenvalue weighted by Crippen LogP contribution is 2.28. The van der Waals surface area contributed by atoms with Gasteiger partial charge in [-0.05, 0) is 37.6 Å². The summed E-state index contributed by atoms with van der Waals surface area (Å²) in [4.78, 5) is 26.2. The molecule has 150 valence electrons. The Morgan fingerprint density at radius 1 is 1.29 bits per heavy atom. The lowest BCUT2D eigenvalue weighted by atomic mass is 10.1. The third kappa shape index (κ3) is 4.69. The third-order valence-electron chi connectivity index (χ3n) is 4.55. The molecule has 1 N–H and O–H groups in total. The summed E-state index contributed by atoms with van der Waals surface area (Å²) in [7, 11) is 1.62. The van der Waals surface area contributed by atoms with Crippen molar-refractivity contribution in [2.45, 2.75) is 26.3 Å². The van der Waals surface area contributed by atoms with Crippen LogP contribution < -0.4 is 15.0 Å². The molecule has 0 saturated heterocycles. The van der Waals surface area contributed by atoms with Crippen molar-refractivity contribution >= 4 is 17.6 Å². The van der Waals surface area contributed by atoms with Gasteiger partial charge in [0.25, 0.3) is 0 Å². The number of anilines is 1. The van der Waals surface area contributed by atoms with E-state index in [1.54, 1.807) is 11.8 Å². The molecule has 8 nitrogen and oxygen atoms in total. The maximum absolute atomic E-state index is 12.4. The van der Waals surface area contributed by atoms with Gasteiger partial charge in [0.1, 0.15) is 18.1 Å². The summed E-state index contributed by atoms with van der Waals surface area (Å²) in [5.74, 6) is 1.15. The van der Waals surface area contributed by atoms with E-state index in [4.69, 9.17) is 9.47 Å². The van der Waals surface area contributed by atoms with E-state index in [2.05, 4.69) is 10.4 Å². The second-order valence-corrected chi connectivity index (χ2v) is 6.47. The van der Waals surface area contributed by atoms with Crippen LogP contribution in [0.15, 0.2) is 30.3 Å². The Hall–Kier alpha value is -2.87. The van der Waals surface area contributed by atoms with Crippen LogP contribution in [0.25, 0.3) is 11.3 Å². The first kappa shape index (κ1) is 19.9. The Kier molecular flexibility index (Phi) is 6.65. The Bertz CT molecular complexity index is 816. The van der Waals surface area contributed by atoms with Crippen LogP contribution >= 0.6 is 0 Å². The number of fused-ring (bicyclic) bond motifs is 1. The number of rotatable bonds is 9. The van der Waals surface area contributed by atoms with E-state index < -0.39 is 0 Å². The molecular formula is C20H26N4O4. The van der Waals surface area contributed by atoms with Crippen LogP contribution in [0, 0.1) is 0 Å². The van der Waals surface area contributed by atoms with Crippen LogP contribution in [0.4, 0.5) is 5.82 Å². The molecule has 0 unspecified atom stereocenters. The van der Waals surface area contributed by atoms with Crippen LogP contribution in [0.2, 0.25) is 0 Å². The highest BCUT2D eigenvalue weighted by atomic mass is 16.5. The molecule has 28 heavy (non-hydrogen) atoms. The number of aromatic nitrogens is 2. The SMILES string of the molecule is CCOCCCNC(=O)CN1C(=O)CCn2nc(-c3ccc(OC)cc3)cc21. The maximum atomic E-state index is 12.4. The fourth-order valence-corrected chi connectivity index (χ4v) is 3.07. The van der Waals surface area contributed by atoms with E-state index in [0.717, 1.165) is 23.4 Å². The molecule has 2 heterocycles. The summed E-state index contributed by atoms with van der Waals surface area (Å²) in [5.41, 5.74) is 1.69. The van der Waals surface area contributed by atoms with E-state index in [-0.39, 0.29) is 18.4 Å². The standard InChI is InChI=1S/C20H26N4O4/c1-3-28-12-4-10-21-18(25)14-23-19-13-17(22-24(19)11-9-20(23)26)15-5-7-16(27-2)8-6-15/h5-8,13H,3-4,9-12,14H2,1-2H3,(H,21,25). The molecule has 2 amide bonds. The first-order valence-corrected chi connectivity index (χ1v) is 9.49. The van der Waals surface area contributed by atoms with Crippen molar-refractivity contribution in [3.8, 4) is 17.0 Å². The van der Waals surface area contributed by atoms with E-state index in [0.29, 0.717) is 38.5 Å². The molecule has 3 rings (SSSR count). The van der Waals surface area contributed by atoms with Crippen molar-refractivity contribution in [2.75, 3.05) is 38.3 Å². The van der Waals surface area contributed by atoms with E-state index in [9.17, 15) is 9.59 Å². The molecule has 0 spiro atoms. The van der Waals surface area contributed by atoms with Gasteiger partial charge in [0, 0.05) is 37.8 Å². The molecule has 1 aromatic heterocycles. The zero-order valence-corrected chi connectivity index (χ0v) is 16.3. The van der Waals surface area contributed by atoms with Gasteiger partial charge in [0.05, 0.1) is 19.3 Å². The lowest BCUT2D eigenvalue weighted by Gasteiger charge is -2.26. The minimum absolute atomic E-state index is 0.0127. The van der Waals surface area contributed by atoms with Gasteiger partial charge in [-0.2, -0.15) is 5.10 Å². The van der Waals surface area contributed by atoms with E-state index in [1.807, 2.05) is 37.3 Å². The van der Waals surface area contributed by atoms with Gasteiger partial charge >= 0.3 is 0 Å². The summed E-state index contributed by atoms with van der Waals surface area (Å²) < 4.78 is 12.2. The smallest absolute Gasteiger partial charge is 0.240 e. The number of hydrogen-bond donors (Lipinski definition) is 1. The highest BCUT2D eigenvalue weighted by molar-refractivity contribution is 5.99. The summed E-state index contributed by atoms with van der Waals surface area (Å²) >= 11 is 0. The maximum Gasteiger partial charge on any atom is 0.240 e. The Labute approximate surface area is 164 Å². The quantitative estimate of drug-likeness (QED) is 0.665. The molecule has 0 bridgehead atoms. The van der Waals surface area contributed by atoms with Crippen LogP contribution in [-0.2, 0) is 20.9 Å². The number of hydrogen-bond acceptors (Lipinski definition) is 5. The molecule has 2 aromatic rings. The topological polar surface area (TPSA) is 85.7 Å². The summed E-state index contributed by atoms with van der Waals surface area (Å²) in [5, 5.41) is 7.43. The molecule has 1 aliphatic heterocycles. The molecule has 0 fully saturated rings. The van der Waals surface area contributed by atoms with E-state index in [1.165, 1.54) is 4.90 Å². The van der Waals surface area contributed by atoms with Gasteiger partial charge in [-0.3, -0.25) is 14.5 Å².